The first-order valence-electron chi connectivity index (χ1n) is 5.68. The van der Waals surface area contributed by atoms with E-state index in [0.29, 0.717) is 5.56 Å². The molecule has 0 fully saturated rings. The highest BCUT2D eigenvalue weighted by Crippen LogP contribution is 2.24. The molecule has 0 aromatic heterocycles. The Morgan fingerprint density at radius 2 is 2.00 bits per heavy atom. The third-order valence-electron chi connectivity index (χ3n) is 2.86. The van der Waals surface area contributed by atoms with Gasteiger partial charge in [-0.1, -0.05) is 34.1 Å². The molecule has 0 bridgehead atoms. The monoisotopic (exact) mass is 322 g/mol. The van der Waals surface area contributed by atoms with Gasteiger partial charge in [0.05, 0.1) is 12.7 Å². The first kappa shape index (κ1) is 13.7. The smallest absolute Gasteiger partial charge is 0.196 e. The second-order valence-electron chi connectivity index (χ2n) is 4.11. The van der Waals surface area contributed by atoms with Gasteiger partial charge in [-0.2, -0.15) is 0 Å². The Bertz CT molecular complexity index is 638. The molecule has 0 N–H and O–H groups in total. The molecule has 0 aliphatic heterocycles. The zero-order valence-corrected chi connectivity index (χ0v) is 12.1. The van der Waals surface area contributed by atoms with Crippen LogP contribution in [0.1, 0.15) is 21.5 Å². The summed E-state index contributed by atoms with van der Waals surface area (Å²) in [4.78, 5) is 12.3. The third kappa shape index (κ3) is 2.68. The topological polar surface area (TPSA) is 26.3 Å². The molecule has 19 heavy (non-hydrogen) atoms. The van der Waals surface area contributed by atoms with E-state index in [4.69, 9.17) is 4.74 Å². The average Bonchev–Trinajstić information content (AvgIpc) is 2.41. The lowest BCUT2D eigenvalue weighted by Crippen LogP contribution is -2.05. The molecular weight excluding hydrogens is 311 g/mol. The largest absolute Gasteiger partial charge is 0.494 e. The first-order chi connectivity index (χ1) is 9.04. The van der Waals surface area contributed by atoms with Crippen LogP contribution in [-0.2, 0) is 0 Å². The summed E-state index contributed by atoms with van der Waals surface area (Å²) in [6, 6.07) is 9.72. The van der Waals surface area contributed by atoms with E-state index >= 15 is 0 Å². The zero-order valence-electron chi connectivity index (χ0n) is 10.5. The van der Waals surface area contributed by atoms with Gasteiger partial charge in [-0.15, -0.1) is 0 Å². The van der Waals surface area contributed by atoms with Crippen molar-refractivity contribution in [2.24, 2.45) is 0 Å². The Morgan fingerprint density at radius 3 is 2.63 bits per heavy atom. The minimum Gasteiger partial charge on any atom is -0.494 e. The van der Waals surface area contributed by atoms with Gasteiger partial charge in [0.15, 0.2) is 17.3 Å². The third-order valence-corrected chi connectivity index (χ3v) is 3.72. The summed E-state index contributed by atoms with van der Waals surface area (Å²) in [7, 11) is 1.37. The van der Waals surface area contributed by atoms with Gasteiger partial charge in [-0.3, -0.25) is 4.79 Å². The van der Waals surface area contributed by atoms with Gasteiger partial charge >= 0.3 is 0 Å². The number of ketones is 1. The lowest BCUT2D eigenvalue weighted by Gasteiger charge is -2.07. The number of aryl methyl sites for hydroxylation is 1. The fraction of sp³-hybridized carbons (Fsp3) is 0.133. The molecule has 0 atom stereocenters. The van der Waals surface area contributed by atoms with E-state index in [1.807, 2.05) is 13.0 Å². The normalized spacial score (nSPS) is 10.3. The van der Waals surface area contributed by atoms with Crippen LogP contribution < -0.4 is 4.74 Å². The van der Waals surface area contributed by atoms with Crippen LogP contribution >= 0.6 is 15.9 Å². The van der Waals surface area contributed by atoms with E-state index in [1.165, 1.54) is 19.2 Å². The minimum atomic E-state index is -0.633. The number of hydrogen-bond donors (Lipinski definition) is 0. The molecule has 4 heteroatoms. The van der Waals surface area contributed by atoms with Crippen LogP contribution in [0.5, 0.6) is 5.75 Å². The number of hydrogen-bond acceptors (Lipinski definition) is 2. The van der Waals surface area contributed by atoms with Crippen molar-refractivity contribution in [3.63, 3.8) is 0 Å². The van der Waals surface area contributed by atoms with Gasteiger partial charge < -0.3 is 4.74 Å². The molecule has 0 radical (unpaired) electrons. The maximum absolute atomic E-state index is 14.0. The maximum atomic E-state index is 14.0. The summed E-state index contributed by atoms with van der Waals surface area (Å²) in [5.41, 5.74) is 1.46. The molecule has 0 amide bonds. The highest BCUT2D eigenvalue weighted by atomic mass is 79.9. The van der Waals surface area contributed by atoms with Crippen LogP contribution in [0.2, 0.25) is 0 Å². The number of carbonyl (C=O) groups excluding carboxylic acids is 1. The summed E-state index contributed by atoms with van der Waals surface area (Å²) in [5.74, 6) is -0.930. The summed E-state index contributed by atoms with van der Waals surface area (Å²) in [5, 5.41) is 0. The Kier molecular flexibility index (Phi) is 4.00. The molecule has 0 heterocycles. The van der Waals surface area contributed by atoms with Gasteiger partial charge in [0.25, 0.3) is 0 Å². The fourth-order valence-corrected chi connectivity index (χ4v) is 2.11. The molecule has 98 valence electrons. The lowest BCUT2D eigenvalue weighted by atomic mass is 10.0. The van der Waals surface area contributed by atoms with Gasteiger partial charge in [0, 0.05) is 10.0 Å². The van der Waals surface area contributed by atoms with Crippen LogP contribution in [0.3, 0.4) is 0 Å². The van der Waals surface area contributed by atoms with E-state index in [0.717, 1.165) is 10.0 Å². The van der Waals surface area contributed by atoms with Gasteiger partial charge in [0.1, 0.15) is 0 Å². The van der Waals surface area contributed by atoms with Crippen molar-refractivity contribution >= 4 is 21.7 Å². The van der Waals surface area contributed by atoms with Gasteiger partial charge in [-0.05, 0) is 30.7 Å². The molecule has 2 nitrogen and oxygen atoms in total. The van der Waals surface area contributed by atoms with E-state index in [1.54, 1.807) is 18.2 Å². The Labute approximate surface area is 119 Å². The summed E-state index contributed by atoms with van der Waals surface area (Å²) in [6.45, 7) is 1.92. The van der Waals surface area contributed by atoms with Gasteiger partial charge in [-0.25, -0.2) is 4.39 Å². The lowest BCUT2D eigenvalue weighted by molar-refractivity contribution is 0.103. The molecular formula is C15H12BrFO2. The van der Waals surface area contributed by atoms with Crippen LogP contribution in [0.4, 0.5) is 4.39 Å². The van der Waals surface area contributed by atoms with Crippen LogP contribution in [0.25, 0.3) is 0 Å². The summed E-state index contributed by atoms with van der Waals surface area (Å²) in [6.07, 6.45) is 0. The highest BCUT2D eigenvalue weighted by Gasteiger charge is 2.17. The number of benzene rings is 2. The molecule has 2 aromatic rings. The zero-order chi connectivity index (χ0) is 14.0. The number of rotatable bonds is 3. The standard InChI is InChI=1S/C15H12BrFO2/c1-9-6-7-10(8-12(9)16)15(18)11-4-3-5-13(19-2)14(11)17/h3-8H,1-2H3. The Balaban J connectivity index is 2.47. The molecule has 0 saturated heterocycles. The van der Waals surface area contributed by atoms with Crippen molar-refractivity contribution in [2.45, 2.75) is 6.92 Å². The van der Waals surface area contributed by atoms with E-state index < -0.39 is 5.82 Å². The average molecular weight is 323 g/mol. The van der Waals surface area contributed by atoms with Crippen molar-refractivity contribution in [3.8, 4) is 5.75 Å². The van der Waals surface area contributed by atoms with E-state index in [2.05, 4.69) is 15.9 Å². The predicted molar refractivity (Wildman–Crippen MR) is 75.3 cm³/mol. The van der Waals surface area contributed by atoms with E-state index in [9.17, 15) is 9.18 Å². The second-order valence-corrected chi connectivity index (χ2v) is 4.97. The molecule has 0 aliphatic rings. The Hall–Kier alpha value is -1.68. The minimum absolute atomic E-state index is 0.00935. The van der Waals surface area contributed by atoms with Crippen molar-refractivity contribution in [1.82, 2.24) is 0 Å². The number of methoxy groups -OCH3 is 1. The van der Waals surface area contributed by atoms with Crippen molar-refractivity contribution in [3.05, 3.63) is 63.4 Å². The number of carbonyl (C=O) groups is 1. The quantitative estimate of drug-likeness (QED) is 0.794. The number of ether oxygens (including phenoxy) is 1. The maximum Gasteiger partial charge on any atom is 0.196 e. The van der Waals surface area contributed by atoms with Gasteiger partial charge in [0.2, 0.25) is 0 Å². The molecule has 0 spiro atoms. The van der Waals surface area contributed by atoms with Crippen LogP contribution in [0, 0.1) is 12.7 Å². The molecule has 0 saturated carbocycles. The molecule has 2 aromatic carbocycles. The van der Waals surface area contributed by atoms with Crippen molar-refractivity contribution < 1.29 is 13.9 Å². The number of halogens is 2. The fourth-order valence-electron chi connectivity index (χ4n) is 1.73. The summed E-state index contributed by atoms with van der Waals surface area (Å²) >= 11 is 3.36. The van der Waals surface area contributed by atoms with Crippen molar-refractivity contribution in [2.75, 3.05) is 7.11 Å². The van der Waals surface area contributed by atoms with E-state index in [-0.39, 0.29) is 17.1 Å². The second kappa shape index (κ2) is 5.53. The van der Waals surface area contributed by atoms with Crippen LogP contribution in [0.15, 0.2) is 40.9 Å². The Morgan fingerprint density at radius 1 is 1.26 bits per heavy atom. The van der Waals surface area contributed by atoms with Crippen molar-refractivity contribution in [1.29, 1.82) is 0 Å². The predicted octanol–water partition coefficient (Wildman–Crippen LogP) is 4.14. The SMILES string of the molecule is COc1cccc(C(=O)c2ccc(C)c(Br)c2)c1F. The highest BCUT2D eigenvalue weighted by molar-refractivity contribution is 9.10. The molecule has 0 unspecified atom stereocenters. The summed E-state index contributed by atoms with van der Waals surface area (Å²) < 4.78 is 19.7. The first-order valence-corrected chi connectivity index (χ1v) is 6.47. The molecule has 0 aliphatic carbocycles. The molecule has 2 rings (SSSR count). The van der Waals surface area contributed by atoms with Crippen LogP contribution in [-0.4, -0.2) is 12.9 Å².